The Morgan fingerprint density at radius 2 is 1.89 bits per heavy atom. The van der Waals surface area contributed by atoms with E-state index >= 15 is 0 Å². The zero-order chi connectivity index (χ0) is 19.5. The quantitative estimate of drug-likeness (QED) is 0.877. The first-order valence-electron chi connectivity index (χ1n) is 9.31. The Labute approximate surface area is 163 Å². The maximum absolute atomic E-state index is 12.6. The average molecular weight is 381 g/mol. The summed E-state index contributed by atoms with van der Waals surface area (Å²) in [5.74, 6) is 0.510. The van der Waals surface area contributed by atoms with Crippen LogP contribution >= 0.6 is 0 Å². The van der Waals surface area contributed by atoms with E-state index in [4.69, 9.17) is 4.74 Å². The molecule has 0 atom stereocenters. The van der Waals surface area contributed by atoms with E-state index in [1.807, 2.05) is 17.0 Å². The molecular formula is C20H23N5O3. The molecular weight excluding hydrogens is 358 g/mol. The summed E-state index contributed by atoms with van der Waals surface area (Å²) in [6.07, 6.45) is 3.60. The summed E-state index contributed by atoms with van der Waals surface area (Å²) in [7, 11) is 1.72. The number of anilines is 2. The van der Waals surface area contributed by atoms with Crippen LogP contribution in [-0.4, -0.2) is 66.6 Å². The molecule has 4 rings (SSSR count). The molecule has 2 aliphatic heterocycles. The molecule has 0 radical (unpaired) electrons. The molecule has 0 spiro atoms. The van der Waals surface area contributed by atoms with Gasteiger partial charge in [-0.2, -0.15) is 0 Å². The topological polar surface area (TPSA) is 78.0 Å². The minimum atomic E-state index is -0.122. The molecule has 28 heavy (non-hydrogen) atoms. The zero-order valence-electron chi connectivity index (χ0n) is 15.8. The van der Waals surface area contributed by atoms with Gasteiger partial charge in [0.25, 0.3) is 5.91 Å². The molecule has 1 fully saturated rings. The normalized spacial score (nSPS) is 17.1. The fraction of sp³-hybridized carbons (Fsp3) is 0.350. The number of carbonyl (C=O) groups is 2. The van der Waals surface area contributed by atoms with Crippen molar-refractivity contribution in [2.45, 2.75) is 6.54 Å². The van der Waals surface area contributed by atoms with Crippen molar-refractivity contribution >= 4 is 23.3 Å². The molecule has 146 valence electrons. The van der Waals surface area contributed by atoms with E-state index in [0.29, 0.717) is 30.2 Å². The lowest BCUT2D eigenvalue weighted by molar-refractivity contribution is -0.120. The lowest BCUT2D eigenvalue weighted by atomic mass is 10.2. The lowest BCUT2D eigenvalue weighted by Gasteiger charge is -2.34. The molecule has 1 aromatic heterocycles. The van der Waals surface area contributed by atoms with Crippen molar-refractivity contribution in [3.05, 3.63) is 48.3 Å². The Kier molecular flexibility index (Phi) is 5.12. The van der Waals surface area contributed by atoms with Gasteiger partial charge in [-0.15, -0.1) is 0 Å². The molecule has 0 bridgehead atoms. The second kappa shape index (κ2) is 7.85. The van der Waals surface area contributed by atoms with E-state index < -0.39 is 0 Å². The van der Waals surface area contributed by atoms with Gasteiger partial charge in [0.05, 0.1) is 5.69 Å². The molecule has 8 nitrogen and oxygen atoms in total. The predicted molar refractivity (Wildman–Crippen MR) is 105 cm³/mol. The van der Waals surface area contributed by atoms with Crippen LogP contribution in [0.5, 0.6) is 5.75 Å². The Bertz CT molecular complexity index is 865. The zero-order valence-corrected chi connectivity index (χ0v) is 15.8. The number of nitrogens with one attached hydrogen (secondary N) is 1. The highest BCUT2D eigenvalue weighted by Gasteiger charge is 2.24. The third kappa shape index (κ3) is 3.91. The van der Waals surface area contributed by atoms with Gasteiger partial charge in [-0.25, -0.2) is 4.79 Å². The number of fused-ring (bicyclic) bond motifs is 1. The van der Waals surface area contributed by atoms with Crippen molar-refractivity contribution in [1.29, 1.82) is 0 Å². The number of benzene rings is 1. The summed E-state index contributed by atoms with van der Waals surface area (Å²) in [4.78, 5) is 34.0. The molecule has 0 aliphatic carbocycles. The van der Waals surface area contributed by atoms with Gasteiger partial charge in [-0.1, -0.05) is 0 Å². The number of hydrogen-bond acceptors (Lipinski definition) is 5. The minimum Gasteiger partial charge on any atom is -0.481 e. The SMILES string of the molecule is CN1C(=O)COc2cc(NC(=O)N3CCN(Cc4ccncc4)CC3)ccc21. The highest BCUT2D eigenvalue weighted by molar-refractivity contribution is 5.98. The smallest absolute Gasteiger partial charge is 0.321 e. The summed E-state index contributed by atoms with van der Waals surface area (Å²) >= 11 is 0. The maximum Gasteiger partial charge on any atom is 0.321 e. The fourth-order valence-electron chi connectivity index (χ4n) is 3.41. The number of ether oxygens (including phenoxy) is 1. The number of urea groups is 1. The van der Waals surface area contributed by atoms with Gasteiger partial charge in [0, 0.05) is 63.9 Å². The molecule has 1 N–H and O–H groups in total. The van der Waals surface area contributed by atoms with E-state index in [-0.39, 0.29) is 18.5 Å². The van der Waals surface area contributed by atoms with E-state index in [0.717, 1.165) is 19.6 Å². The number of piperazine rings is 1. The number of pyridine rings is 1. The first-order valence-corrected chi connectivity index (χ1v) is 9.31. The van der Waals surface area contributed by atoms with Crippen LogP contribution in [0.3, 0.4) is 0 Å². The molecule has 2 aliphatic rings. The molecule has 1 aromatic carbocycles. The number of likely N-dealkylation sites (N-methyl/N-ethyl adjacent to an activating group) is 1. The summed E-state index contributed by atoms with van der Waals surface area (Å²) in [5, 5.41) is 2.93. The second-order valence-electron chi connectivity index (χ2n) is 6.97. The number of nitrogens with zero attached hydrogens (tertiary/aromatic N) is 4. The van der Waals surface area contributed by atoms with Crippen molar-refractivity contribution in [1.82, 2.24) is 14.8 Å². The molecule has 1 saturated heterocycles. The number of rotatable bonds is 3. The van der Waals surface area contributed by atoms with Gasteiger partial charge in [0.15, 0.2) is 6.61 Å². The summed E-state index contributed by atoms with van der Waals surface area (Å²) in [6, 6.07) is 9.24. The van der Waals surface area contributed by atoms with Crippen LogP contribution in [0.1, 0.15) is 5.56 Å². The number of hydrogen-bond donors (Lipinski definition) is 1. The van der Waals surface area contributed by atoms with Crippen LogP contribution in [0, 0.1) is 0 Å². The minimum absolute atomic E-state index is 0.0142. The number of aromatic nitrogens is 1. The third-order valence-electron chi connectivity index (χ3n) is 5.11. The molecule has 3 amide bonds. The van der Waals surface area contributed by atoms with E-state index in [1.165, 1.54) is 5.56 Å². The Morgan fingerprint density at radius 3 is 2.64 bits per heavy atom. The van der Waals surface area contributed by atoms with Gasteiger partial charge in [-0.05, 0) is 29.8 Å². The Balaban J connectivity index is 1.32. The van der Waals surface area contributed by atoms with Crippen LogP contribution in [0.4, 0.5) is 16.2 Å². The van der Waals surface area contributed by atoms with Gasteiger partial charge < -0.3 is 19.9 Å². The molecule has 3 heterocycles. The van der Waals surface area contributed by atoms with E-state index in [1.54, 1.807) is 42.5 Å². The van der Waals surface area contributed by atoms with Crippen molar-refractivity contribution in [3.8, 4) is 5.75 Å². The van der Waals surface area contributed by atoms with Crippen molar-refractivity contribution < 1.29 is 14.3 Å². The average Bonchev–Trinajstić information content (AvgIpc) is 2.72. The molecule has 8 heteroatoms. The van der Waals surface area contributed by atoms with E-state index in [2.05, 4.69) is 15.2 Å². The van der Waals surface area contributed by atoms with Crippen molar-refractivity contribution in [3.63, 3.8) is 0 Å². The first kappa shape index (κ1) is 18.2. The third-order valence-corrected chi connectivity index (χ3v) is 5.11. The van der Waals surface area contributed by atoms with Crippen molar-refractivity contribution in [2.75, 3.05) is 50.1 Å². The first-order chi connectivity index (χ1) is 13.6. The molecule has 0 saturated carbocycles. The molecule has 0 unspecified atom stereocenters. The van der Waals surface area contributed by atoms with Crippen LogP contribution in [0.15, 0.2) is 42.7 Å². The summed E-state index contributed by atoms with van der Waals surface area (Å²) in [6.45, 7) is 3.89. The monoisotopic (exact) mass is 381 g/mol. The van der Waals surface area contributed by atoms with E-state index in [9.17, 15) is 9.59 Å². The highest BCUT2D eigenvalue weighted by Crippen LogP contribution is 2.33. The second-order valence-corrected chi connectivity index (χ2v) is 6.97. The van der Waals surface area contributed by atoms with Crippen LogP contribution in [0.2, 0.25) is 0 Å². The maximum atomic E-state index is 12.6. The summed E-state index contributed by atoms with van der Waals surface area (Å²) < 4.78 is 5.48. The van der Waals surface area contributed by atoms with Crippen LogP contribution in [-0.2, 0) is 11.3 Å². The Hall–Kier alpha value is -3.13. The van der Waals surface area contributed by atoms with Crippen LogP contribution < -0.4 is 15.0 Å². The fourth-order valence-corrected chi connectivity index (χ4v) is 3.41. The standard InChI is InChI=1S/C20H23N5O3/c1-23-17-3-2-16(12-18(17)28-14-19(23)26)22-20(27)25-10-8-24(9-11-25)13-15-4-6-21-7-5-15/h2-7,12H,8-11,13-14H2,1H3,(H,22,27). The van der Waals surface area contributed by atoms with Gasteiger partial charge in [0.2, 0.25) is 0 Å². The number of amides is 3. The van der Waals surface area contributed by atoms with Gasteiger partial charge >= 0.3 is 6.03 Å². The Morgan fingerprint density at radius 1 is 1.14 bits per heavy atom. The summed E-state index contributed by atoms with van der Waals surface area (Å²) in [5.41, 5.74) is 2.59. The molecule has 2 aromatic rings. The number of carbonyl (C=O) groups excluding carboxylic acids is 2. The van der Waals surface area contributed by atoms with Crippen LogP contribution in [0.25, 0.3) is 0 Å². The predicted octanol–water partition coefficient (Wildman–Crippen LogP) is 1.79. The largest absolute Gasteiger partial charge is 0.481 e. The van der Waals surface area contributed by atoms with Gasteiger partial charge in [-0.3, -0.25) is 14.7 Å². The highest BCUT2D eigenvalue weighted by atomic mass is 16.5. The van der Waals surface area contributed by atoms with Gasteiger partial charge in [0.1, 0.15) is 5.75 Å². The lowest BCUT2D eigenvalue weighted by Crippen LogP contribution is -2.49. The van der Waals surface area contributed by atoms with Crippen molar-refractivity contribution in [2.24, 2.45) is 0 Å².